The molecule has 21 heavy (non-hydrogen) atoms. The van der Waals surface area contributed by atoms with E-state index in [1.807, 2.05) is 4.90 Å². The molecule has 0 bridgehead atoms. The van der Waals surface area contributed by atoms with Crippen LogP contribution in [0.2, 0.25) is 0 Å². The second kappa shape index (κ2) is 5.80. The predicted octanol–water partition coefficient (Wildman–Crippen LogP) is 2.76. The van der Waals surface area contributed by atoms with Gasteiger partial charge in [-0.05, 0) is 38.2 Å². The summed E-state index contributed by atoms with van der Waals surface area (Å²) in [7, 11) is 0. The number of amides is 1. The van der Waals surface area contributed by atoms with E-state index in [1.165, 1.54) is 11.1 Å². The SMILES string of the molecule is Cc1cccc(C2(C(=O)N3CCCC(N)C3)CCCC2)c1. The Labute approximate surface area is 127 Å². The molecule has 0 aromatic heterocycles. The molecule has 0 spiro atoms. The van der Waals surface area contributed by atoms with Crippen molar-refractivity contribution in [2.75, 3.05) is 13.1 Å². The number of benzene rings is 1. The van der Waals surface area contributed by atoms with E-state index in [4.69, 9.17) is 5.73 Å². The zero-order valence-corrected chi connectivity index (χ0v) is 13.0. The molecule has 3 nitrogen and oxygen atoms in total. The number of hydrogen-bond acceptors (Lipinski definition) is 2. The molecule has 3 heteroatoms. The fourth-order valence-corrected chi connectivity index (χ4v) is 4.04. The van der Waals surface area contributed by atoms with E-state index in [9.17, 15) is 4.79 Å². The fraction of sp³-hybridized carbons (Fsp3) is 0.611. The number of piperidine rings is 1. The molecule has 1 atom stereocenters. The van der Waals surface area contributed by atoms with Crippen LogP contribution in [0.3, 0.4) is 0 Å². The topological polar surface area (TPSA) is 46.3 Å². The summed E-state index contributed by atoms with van der Waals surface area (Å²) in [6.07, 6.45) is 6.36. The van der Waals surface area contributed by atoms with Crippen LogP contribution < -0.4 is 5.73 Å². The summed E-state index contributed by atoms with van der Waals surface area (Å²) in [5, 5.41) is 0. The molecule has 0 radical (unpaired) electrons. The second-order valence-electron chi connectivity index (χ2n) is 6.81. The van der Waals surface area contributed by atoms with Crippen molar-refractivity contribution in [1.82, 2.24) is 4.90 Å². The van der Waals surface area contributed by atoms with E-state index in [1.54, 1.807) is 0 Å². The van der Waals surface area contributed by atoms with Crippen LogP contribution in [0.1, 0.15) is 49.7 Å². The molecular formula is C18H26N2O. The van der Waals surface area contributed by atoms with E-state index < -0.39 is 0 Å². The summed E-state index contributed by atoms with van der Waals surface area (Å²) in [6, 6.07) is 8.68. The van der Waals surface area contributed by atoms with Crippen molar-refractivity contribution in [3.63, 3.8) is 0 Å². The highest BCUT2D eigenvalue weighted by molar-refractivity contribution is 5.89. The molecule has 1 aromatic rings. The highest BCUT2D eigenvalue weighted by atomic mass is 16.2. The molecule has 3 rings (SSSR count). The number of carbonyl (C=O) groups is 1. The molecule has 1 heterocycles. The first-order valence-corrected chi connectivity index (χ1v) is 8.24. The minimum absolute atomic E-state index is 0.152. The Kier molecular flexibility index (Phi) is 4.03. The van der Waals surface area contributed by atoms with Crippen LogP contribution in [0.25, 0.3) is 0 Å². The van der Waals surface area contributed by atoms with Gasteiger partial charge in [-0.15, -0.1) is 0 Å². The fourth-order valence-electron chi connectivity index (χ4n) is 4.04. The van der Waals surface area contributed by atoms with Crippen LogP contribution >= 0.6 is 0 Å². The molecule has 1 saturated heterocycles. The van der Waals surface area contributed by atoms with Crippen molar-refractivity contribution in [2.45, 2.75) is 56.9 Å². The van der Waals surface area contributed by atoms with Crippen molar-refractivity contribution in [1.29, 1.82) is 0 Å². The molecule has 1 amide bonds. The van der Waals surface area contributed by atoms with Gasteiger partial charge in [-0.2, -0.15) is 0 Å². The van der Waals surface area contributed by atoms with E-state index in [-0.39, 0.29) is 11.5 Å². The molecule has 1 unspecified atom stereocenters. The van der Waals surface area contributed by atoms with Crippen LogP contribution in [0.15, 0.2) is 24.3 Å². The van der Waals surface area contributed by atoms with Crippen molar-refractivity contribution in [3.05, 3.63) is 35.4 Å². The number of aryl methyl sites for hydroxylation is 1. The van der Waals surface area contributed by atoms with E-state index in [2.05, 4.69) is 31.2 Å². The molecule has 2 aliphatic rings. The highest BCUT2D eigenvalue weighted by Gasteiger charge is 2.45. The van der Waals surface area contributed by atoms with Gasteiger partial charge < -0.3 is 10.6 Å². The average molecular weight is 286 g/mol. The lowest BCUT2D eigenvalue weighted by Gasteiger charge is -2.38. The minimum Gasteiger partial charge on any atom is -0.340 e. The van der Waals surface area contributed by atoms with E-state index in [0.717, 1.165) is 51.6 Å². The molecule has 2 fully saturated rings. The molecule has 1 aliphatic heterocycles. The van der Waals surface area contributed by atoms with Crippen molar-refractivity contribution >= 4 is 5.91 Å². The van der Waals surface area contributed by atoms with Crippen molar-refractivity contribution in [2.24, 2.45) is 5.73 Å². The zero-order valence-electron chi connectivity index (χ0n) is 13.0. The van der Waals surface area contributed by atoms with Gasteiger partial charge in [0.15, 0.2) is 0 Å². The first kappa shape index (κ1) is 14.6. The summed E-state index contributed by atoms with van der Waals surface area (Å²) in [4.78, 5) is 15.3. The Morgan fingerprint density at radius 1 is 1.29 bits per heavy atom. The highest BCUT2D eigenvalue weighted by Crippen LogP contribution is 2.43. The number of likely N-dealkylation sites (tertiary alicyclic amines) is 1. The van der Waals surface area contributed by atoms with E-state index >= 15 is 0 Å². The Balaban J connectivity index is 1.92. The third-order valence-electron chi connectivity index (χ3n) is 5.18. The summed E-state index contributed by atoms with van der Waals surface area (Å²) < 4.78 is 0. The number of hydrogen-bond donors (Lipinski definition) is 1. The molecule has 2 N–H and O–H groups in total. The molecule has 114 valence electrons. The summed E-state index contributed by atoms with van der Waals surface area (Å²) in [5.41, 5.74) is 8.24. The van der Waals surface area contributed by atoms with Gasteiger partial charge >= 0.3 is 0 Å². The van der Waals surface area contributed by atoms with Crippen LogP contribution in [-0.4, -0.2) is 29.9 Å². The van der Waals surface area contributed by atoms with Gasteiger partial charge in [0, 0.05) is 19.1 Å². The van der Waals surface area contributed by atoms with E-state index in [0.29, 0.717) is 5.91 Å². The van der Waals surface area contributed by atoms with Gasteiger partial charge in [0.2, 0.25) is 5.91 Å². The normalized spacial score (nSPS) is 25.0. The molecule has 1 saturated carbocycles. The van der Waals surface area contributed by atoms with Crippen LogP contribution in [0, 0.1) is 6.92 Å². The lowest BCUT2D eigenvalue weighted by Crippen LogP contribution is -2.52. The Morgan fingerprint density at radius 3 is 2.71 bits per heavy atom. The van der Waals surface area contributed by atoms with Crippen molar-refractivity contribution in [3.8, 4) is 0 Å². The van der Waals surface area contributed by atoms with Gasteiger partial charge in [0.05, 0.1) is 5.41 Å². The maximum absolute atomic E-state index is 13.3. The van der Waals surface area contributed by atoms with Crippen LogP contribution in [0.4, 0.5) is 0 Å². The quantitative estimate of drug-likeness (QED) is 0.908. The van der Waals surface area contributed by atoms with Gasteiger partial charge in [-0.25, -0.2) is 0 Å². The molecule has 1 aliphatic carbocycles. The zero-order chi connectivity index (χ0) is 14.9. The lowest BCUT2D eigenvalue weighted by atomic mass is 9.76. The van der Waals surface area contributed by atoms with Crippen molar-refractivity contribution < 1.29 is 4.79 Å². The number of rotatable bonds is 2. The Hall–Kier alpha value is -1.35. The Morgan fingerprint density at radius 2 is 2.05 bits per heavy atom. The van der Waals surface area contributed by atoms with Gasteiger partial charge in [0.25, 0.3) is 0 Å². The first-order valence-electron chi connectivity index (χ1n) is 8.24. The monoisotopic (exact) mass is 286 g/mol. The summed E-state index contributed by atoms with van der Waals surface area (Å²) >= 11 is 0. The number of nitrogens with two attached hydrogens (primary N) is 1. The summed E-state index contributed by atoms with van der Waals surface area (Å²) in [6.45, 7) is 3.71. The van der Waals surface area contributed by atoms with Gasteiger partial charge in [-0.3, -0.25) is 4.79 Å². The molecule has 1 aromatic carbocycles. The lowest BCUT2D eigenvalue weighted by molar-refractivity contribution is -0.138. The average Bonchev–Trinajstić information content (AvgIpc) is 2.97. The van der Waals surface area contributed by atoms with Crippen LogP contribution in [-0.2, 0) is 10.2 Å². The first-order chi connectivity index (χ1) is 10.1. The molecular weight excluding hydrogens is 260 g/mol. The standard InChI is InChI=1S/C18H26N2O/c1-14-6-4-7-15(12-14)18(9-2-3-10-18)17(21)20-11-5-8-16(19)13-20/h4,6-7,12,16H,2-3,5,8-11,13,19H2,1H3. The number of carbonyl (C=O) groups excluding carboxylic acids is 1. The predicted molar refractivity (Wildman–Crippen MR) is 85.1 cm³/mol. The number of nitrogens with zero attached hydrogens (tertiary/aromatic N) is 1. The smallest absolute Gasteiger partial charge is 0.233 e. The third kappa shape index (κ3) is 2.71. The third-order valence-corrected chi connectivity index (χ3v) is 5.18. The van der Waals surface area contributed by atoms with Gasteiger partial charge in [0.1, 0.15) is 0 Å². The minimum atomic E-state index is -0.289. The van der Waals surface area contributed by atoms with Crippen LogP contribution in [0.5, 0.6) is 0 Å². The maximum Gasteiger partial charge on any atom is 0.233 e. The van der Waals surface area contributed by atoms with Gasteiger partial charge in [-0.1, -0.05) is 42.7 Å². The second-order valence-corrected chi connectivity index (χ2v) is 6.81. The maximum atomic E-state index is 13.3. The Bertz CT molecular complexity index is 520. The summed E-state index contributed by atoms with van der Waals surface area (Å²) in [5.74, 6) is 0.320. The largest absolute Gasteiger partial charge is 0.340 e.